The molecule has 2 aromatic heterocycles. The van der Waals surface area contributed by atoms with Gasteiger partial charge in [0.1, 0.15) is 5.75 Å². The van der Waals surface area contributed by atoms with Gasteiger partial charge in [-0.2, -0.15) is 0 Å². The molecule has 4 aromatic rings. The number of hydrogen-bond acceptors (Lipinski definition) is 4. The van der Waals surface area contributed by atoms with Gasteiger partial charge in [-0.15, -0.1) is 0 Å². The Kier molecular flexibility index (Phi) is 5.80. The maximum atomic E-state index is 12.5. The molecule has 0 aliphatic rings. The standard InChI is InChI=1S/C25H24N4O2/c1-16-12-20(10-11-26-16)18-4-7-22(8-5-18)29-25(30)28-17(2)19-6-9-24-21(13-19)14-23(31-3)15-27-24/h4-15,17H,1-3H3,(H2,28,29,30)/t17-/m0/s1. The number of benzene rings is 2. The van der Waals surface area contributed by atoms with Crippen molar-refractivity contribution in [3.63, 3.8) is 0 Å². The molecule has 4 rings (SSSR count). The van der Waals surface area contributed by atoms with Gasteiger partial charge in [0.05, 0.1) is 24.9 Å². The van der Waals surface area contributed by atoms with E-state index in [-0.39, 0.29) is 12.1 Å². The van der Waals surface area contributed by atoms with Crippen LogP contribution in [-0.4, -0.2) is 23.1 Å². The number of pyridine rings is 2. The Morgan fingerprint density at radius 3 is 2.52 bits per heavy atom. The molecule has 0 aliphatic carbocycles. The fraction of sp³-hybridized carbons (Fsp3) is 0.160. The van der Waals surface area contributed by atoms with Crippen molar-refractivity contribution in [1.82, 2.24) is 15.3 Å². The lowest BCUT2D eigenvalue weighted by molar-refractivity contribution is 0.249. The predicted molar refractivity (Wildman–Crippen MR) is 123 cm³/mol. The van der Waals surface area contributed by atoms with Gasteiger partial charge < -0.3 is 15.4 Å². The Bertz CT molecular complexity index is 1220. The van der Waals surface area contributed by atoms with Crippen LogP contribution in [0.25, 0.3) is 22.0 Å². The number of rotatable bonds is 5. The second-order valence-corrected chi connectivity index (χ2v) is 7.41. The van der Waals surface area contributed by atoms with Crippen molar-refractivity contribution < 1.29 is 9.53 Å². The van der Waals surface area contributed by atoms with Gasteiger partial charge in [0, 0.05) is 23.0 Å². The highest BCUT2D eigenvalue weighted by atomic mass is 16.5. The third-order valence-corrected chi connectivity index (χ3v) is 5.14. The van der Waals surface area contributed by atoms with Crippen LogP contribution in [0.3, 0.4) is 0 Å². The number of amides is 2. The van der Waals surface area contributed by atoms with Crippen molar-refractivity contribution in [2.45, 2.75) is 19.9 Å². The lowest BCUT2D eigenvalue weighted by atomic mass is 10.1. The molecule has 31 heavy (non-hydrogen) atoms. The summed E-state index contributed by atoms with van der Waals surface area (Å²) >= 11 is 0. The van der Waals surface area contributed by atoms with E-state index in [1.165, 1.54) is 0 Å². The molecular formula is C25H24N4O2. The topological polar surface area (TPSA) is 76.1 Å². The molecular weight excluding hydrogens is 388 g/mol. The molecule has 0 saturated carbocycles. The molecule has 2 N–H and O–H groups in total. The van der Waals surface area contributed by atoms with Crippen LogP contribution >= 0.6 is 0 Å². The number of urea groups is 1. The van der Waals surface area contributed by atoms with Crippen molar-refractivity contribution in [3.05, 3.63) is 84.3 Å². The van der Waals surface area contributed by atoms with Gasteiger partial charge >= 0.3 is 6.03 Å². The third-order valence-electron chi connectivity index (χ3n) is 5.14. The van der Waals surface area contributed by atoms with E-state index in [1.54, 1.807) is 19.5 Å². The molecule has 0 fully saturated rings. The normalized spacial score (nSPS) is 11.7. The zero-order valence-electron chi connectivity index (χ0n) is 17.7. The first-order valence-corrected chi connectivity index (χ1v) is 10.1. The number of methoxy groups -OCH3 is 1. The van der Waals surface area contributed by atoms with E-state index in [2.05, 4.69) is 20.6 Å². The SMILES string of the molecule is COc1cnc2ccc([C@H](C)NC(=O)Nc3ccc(-c4ccnc(C)c4)cc3)cc2c1. The Morgan fingerprint density at radius 1 is 0.968 bits per heavy atom. The molecule has 0 bridgehead atoms. The number of nitrogens with zero attached hydrogens (tertiary/aromatic N) is 2. The van der Waals surface area contributed by atoms with Gasteiger partial charge in [0.2, 0.25) is 0 Å². The fourth-order valence-electron chi connectivity index (χ4n) is 3.43. The van der Waals surface area contributed by atoms with E-state index < -0.39 is 0 Å². The Balaban J connectivity index is 1.41. The lowest BCUT2D eigenvalue weighted by Crippen LogP contribution is -2.31. The summed E-state index contributed by atoms with van der Waals surface area (Å²) in [6, 6.07) is 19.2. The zero-order chi connectivity index (χ0) is 21.8. The third kappa shape index (κ3) is 4.80. The van der Waals surface area contributed by atoms with Crippen LogP contribution < -0.4 is 15.4 Å². The Labute approximate surface area is 181 Å². The van der Waals surface area contributed by atoms with Crippen LogP contribution in [0.1, 0.15) is 24.2 Å². The van der Waals surface area contributed by atoms with Crippen LogP contribution in [0, 0.1) is 6.92 Å². The van der Waals surface area contributed by atoms with E-state index in [0.29, 0.717) is 5.75 Å². The first kappa shape index (κ1) is 20.3. The Hall–Kier alpha value is -3.93. The first-order valence-electron chi connectivity index (χ1n) is 10.1. The maximum absolute atomic E-state index is 12.5. The highest BCUT2D eigenvalue weighted by Crippen LogP contribution is 2.24. The number of nitrogens with one attached hydrogen (secondary N) is 2. The van der Waals surface area contributed by atoms with Gasteiger partial charge in [0.15, 0.2) is 0 Å². The zero-order valence-corrected chi connectivity index (χ0v) is 17.7. The average molecular weight is 412 g/mol. The number of fused-ring (bicyclic) bond motifs is 1. The number of ether oxygens (including phenoxy) is 1. The van der Waals surface area contributed by atoms with Crippen LogP contribution in [0.5, 0.6) is 5.75 Å². The lowest BCUT2D eigenvalue weighted by Gasteiger charge is -2.16. The summed E-state index contributed by atoms with van der Waals surface area (Å²) in [6.45, 7) is 3.91. The van der Waals surface area contributed by atoms with Gasteiger partial charge in [-0.3, -0.25) is 9.97 Å². The summed E-state index contributed by atoms with van der Waals surface area (Å²) in [6.07, 6.45) is 3.49. The molecule has 2 heterocycles. The predicted octanol–water partition coefficient (Wildman–Crippen LogP) is 5.50. The molecule has 0 aliphatic heterocycles. The molecule has 2 aromatic carbocycles. The molecule has 156 valence electrons. The van der Waals surface area contributed by atoms with Crippen molar-refractivity contribution in [1.29, 1.82) is 0 Å². The fourth-order valence-corrected chi connectivity index (χ4v) is 3.43. The summed E-state index contributed by atoms with van der Waals surface area (Å²) in [7, 11) is 1.62. The summed E-state index contributed by atoms with van der Waals surface area (Å²) in [5.41, 5.74) is 5.74. The highest BCUT2D eigenvalue weighted by Gasteiger charge is 2.11. The minimum absolute atomic E-state index is 0.172. The van der Waals surface area contributed by atoms with Gasteiger partial charge in [0.25, 0.3) is 0 Å². The van der Waals surface area contributed by atoms with Gasteiger partial charge in [-0.25, -0.2) is 4.79 Å². The van der Waals surface area contributed by atoms with Crippen LogP contribution in [0.15, 0.2) is 73.1 Å². The van der Waals surface area contributed by atoms with Crippen molar-refractivity contribution in [2.24, 2.45) is 0 Å². The average Bonchev–Trinajstić information content (AvgIpc) is 2.78. The van der Waals surface area contributed by atoms with Crippen molar-refractivity contribution in [3.8, 4) is 16.9 Å². The molecule has 2 amide bonds. The van der Waals surface area contributed by atoms with E-state index >= 15 is 0 Å². The second kappa shape index (κ2) is 8.83. The van der Waals surface area contributed by atoms with E-state index in [9.17, 15) is 4.79 Å². The number of carbonyl (C=O) groups excluding carboxylic acids is 1. The number of hydrogen-bond donors (Lipinski definition) is 2. The molecule has 1 atom stereocenters. The minimum atomic E-state index is -0.260. The summed E-state index contributed by atoms with van der Waals surface area (Å²) < 4.78 is 5.25. The summed E-state index contributed by atoms with van der Waals surface area (Å²) in [5.74, 6) is 0.702. The number of aryl methyl sites for hydroxylation is 1. The second-order valence-electron chi connectivity index (χ2n) is 7.41. The molecule has 0 radical (unpaired) electrons. The molecule has 6 nitrogen and oxygen atoms in total. The summed E-state index contributed by atoms with van der Waals surface area (Å²) in [5, 5.41) is 6.84. The number of aromatic nitrogens is 2. The van der Waals surface area contributed by atoms with Crippen LogP contribution in [0.4, 0.5) is 10.5 Å². The quantitative estimate of drug-likeness (QED) is 0.454. The van der Waals surface area contributed by atoms with Crippen molar-refractivity contribution in [2.75, 3.05) is 12.4 Å². The van der Waals surface area contributed by atoms with Gasteiger partial charge in [-0.1, -0.05) is 18.2 Å². The largest absolute Gasteiger partial charge is 0.495 e. The first-order chi connectivity index (χ1) is 15.0. The number of carbonyl (C=O) groups is 1. The monoisotopic (exact) mass is 412 g/mol. The molecule has 0 unspecified atom stereocenters. The molecule has 0 saturated heterocycles. The van der Waals surface area contributed by atoms with Gasteiger partial charge in [-0.05, 0) is 73.0 Å². The van der Waals surface area contributed by atoms with Crippen molar-refractivity contribution >= 4 is 22.6 Å². The van der Waals surface area contributed by atoms with Crippen LogP contribution in [0.2, 0.25) is 0 Å². The molecule has 0 spiro atoms. The molecule has 6 heteroatoms. The smallest absolute Gasteiger partial charge is 0.319 e. The maximum Gasteiger partial charge on any atom is 0.319 e. The minimum Gasteiger partial charge on any atom is -0.495 e. The number of anilines is 1. The highest BCUT2D eigenvalue weighted by molar-refractivity contribution is 5.90. The summed E-state index contributed by atoms with van der Waals surface area (Å²) in [4.78, 5) is 21.1. The Morgan fingerprint density at radius 2 is 1.77 bits per heavy atom. The van der Waals surface area contributed by atoms with E-state index in [4.69, 9.17) is 4.74 Å². The van der Waals surface area contributed by atoms with E-state index in [1.807, 2.05) is 74.5 Å². The van der Waals surface area contributed by atoms with Crippen LogP contribution in [-0.2, 0) is 0 Å². The van der Waals surface area contributed by atoms with E-state index in [0.717, 1.165) is 39.0 Å².